The quantitative estimate of drug-likeness (QED) is 0.875. The Bertz CT molecular complexity index is 504. The molecule has 0 aromatic heterocycles. The van der Waals surface area contributed by atoms with Gasteiger partial charge in [-0.05, 0) is 39.2 Å². The Balaban J connectivity index is 2.34. The van der Waals surface area contributed by atoms with Crippen molar-refractivity contribution in [3.05, 3.63) is 34.9 Å². The first-order valence-corrected chi connectivity index (χ1v) is 7.17. The van der Waals surface area contributed by atoms with Gasteiger partial charge in [0.25, 0.3) is 0 Å². The van der Waals surface area contributed by atoms with Crippen molar-refractivity contribution in [2.45, 2.75) is 50.8 Å². The number of aliphatic hydroxyl groups is 1. The third-order valence-electron chi connectivity index (χ3n) is 4.07. The molecule has 0 spiro atoms. The fourth-order valence-corrected chi connectivity index (χ4v) is 3.31. The summed E-state index contributed by atoms with van der Waals surface area (Å²) in [5.74, 6) is 0. The van der Waals surface area contributed by atoms with Gasteiger partial charge < -0.3 is 10.2 Å². The van der Waals surface area contributed by atoms with E-state index in [1.165, 1.54) is 4.90 Å². The first kappa shape index (κ1) is 15.1. The molecule has 1 heterocycles. The maximum Gasteiger partial charge on any atom is 0.408 e. The van der Waals surface area contributed by atoms with Crippen molar-refractivity contribution in [1.82, 2.24) is 4.90 Å². The topological polar surface area (TPSA) is 60.8 Å². The molecule has 5 heteroatoms. The van der Waals surface area contributed by atoms with Gasteiger partial charge in [0.2, 0.25) is 0 Å². The molecule has 2 rings (SSSR count). The third kappa shape index (κ3) is 2.76. The van der Waals surface area contributed by atoms with Crippen LogP contribution in [0.15, 0.2) is 24.3 Å². The lowest BCUT2D eigenvalue weighted by molar-refractivity contribution is -0.0271. The zero-order valence-corrected chi connectivity index (χ0v) is 12.5. The van der Waals surface area contributed by atoms with Crippen LogP contribution in [0.4, 0.5) is 4.79 Å². The van der Waals surface area contributed by atoms with Crippen molar-refractivity contribution in [3.8, 4) is 0 Å². The van der Waals surface area contributed by atoms with E-state index in [9.17, 15) is 15.0 Å². The standard InChI is InChI=1S/C15H20ClNO3/c1-15(2)9-5-8-12(17(15)14(19)20)13(18)10-6-3-4-7-11(10)16/h3-4,6-7,12-13,18H,5,8-9H2,1-2H3,(H,19,20)/t12?,13-/m1/s1. The second kappa shape index (κ2) is 5.62. The monoisotopic (exact) mass is 297 g/mol. The first-order valence-electron chi connectivity index (χ1n) is 6.79. The Hall–Kier alpha value is -1.26. The van der Waals surface area contributed by atoms with E-state index >= 15 is 0 Å². The first-order chi connectivity index (χ1) is 9.34. The summed E-state index contributed by atoms with van der Waals surface area (Å²) < 4.78 is 0. The number of rotatable bonds is 2. The van der Waals surface area contributed by atoms with Gasteiger partial charge in [-0.1, -0.05) is 29.8 Å². The van der Waals surface area contributed by atoms with Crippen LogP contribution in [0.2, 0.25) is 5.02 Å². The highest BCUT2D eigenvalue weighted by molar-refractivity contribution is 6.31. The van der Waals surface area contributed by atoms with Crippen LogP contribution in [0.5, 0.6) is 0 Å². The number of aliphatic hydroxyl groups excluding tert-OH is 1. The van der Waals surface area contributed by atoms with Crippen LogP contribution < -0.4 is 0 Å². The van der Waals surface area contributed by atoms with E-state index in [1.807, 2.05) is 13.8 Å². The van der Waals surface area contributed by atoms with Gasteiger partial charge in [0.05, 0.1) is 6.04 Å². The molecule has 0 aliphatic carbocycles. The number of hydrogen-bond donors (Lipinski definition) is 2. The molecule has 2 N–H and O–H groups in total. The van der Waals surface area contributed by atoms with Gasteiger partial charge in [-0.2, -0.15) is 0 Å². The molecule has 2 atom stereocenters. The van der Waals surface area contributed by atoms with Gasteiger partial charge in [-0.25, -0.2) is 4.79 Å². The molecule has 1 aromatic carbocycles. The Morgan fingerprint density at radius 3 is 2.70 bits per heavy atom. The highest BCUT2D eigenvalue weighted by Crippen LogP contribution is 2.38. The molecule has 4 nitrogen and oxygen atoms in total. The smallest absolute Gasteiger partial charge is 0.408 e. The lowest BCUT2D eigenvalue weighted by Crippen LogP contribution is -2.57. The fourth-order valence-electron chi connectivity index (χ4n) is 3.06. The van der Waals surface area contributed by atoms with Gasteiger partial charge in [-0.15, -0.1) is 0 Å². The Morgan fingerprint density at radius 1 is 1.45 bits per heavy atom. The number of carbonyl (C=O) groups is 1. The number of amides is 1. The van der Waals surface area contributed by atoms with Crippen molar-refractivity contribution >= 4 is 17.7 Å². The summed E-state index contributed by atoms with van der Waals surface area (Å²) in [4.78, 5) is 13.0. The zero-order valence-electron chi connectivity index (χ0n) is 11.7. The second-order valence-corrected chi connectivity index (χ2v) is 6.30. The lowest BCUT2D eigenvalue weighted by atomic mass is 9.83. The highest BCUT2D eigenvalue weighted by Gasteiger charge is 2.43. The van der Waals surface area contributed by atoms with Crippen molar-refractivity contribution in [1.29, 1.82) is 0 Å². The number of nitrogens with zero attached hydrogens (tertiary/aromatic N) is 1. The molecule has 20 heavy (non-hydrogen) atoms. The number of hydrogen-bond acceptors (Lipinski definition) is 2. The second-order valence-electron chi connectivity index (χ2n) is 5.89. The fraction of sp³-hybridized carbons (Fsp3) is 0.533. The molecule has 1 fully saturated rings. The average molecular weight is 298 g/mol. The largest absolute Gasteiger partial charge is 0.465 e. The summed E-state index contributed by atoms with van der Waals surface area (Å²) in [5.41, 5.74) is 0.111. The maximum atomic E-state index is 11.6. The SMILES string of the molecule is CC1(C)CCCC([C@H](O)c2ccccc2Cl)N1C(=O)O. The van der Waals surface area contributed by atoms with E-state index < -0.39 is 23.8 Å². The molecular weight excluding hydrogens is 278 g/mol. The summed E-state index contributed by atoms with van der Waals surface area (Å²) in [6, 6.07) is 6.58. The van der Waals surface area contributed by atoms with Crippen LogP contribution >= 0.6 is 11.6 Å². The van der Waals surface area contributed by atoms with Gasteiger partial charge in [-0.3, -0.25) is 4.90 Å². The molecular formula is C15H20ClNO3. The molecule has 1 saturated heterocycles. The number of likely N-dealkylation sites (tertiary alicyclic amines) is 1. The zero-order chi connectivity index (χ0) is 14.9. The third-order valence-corrected chi connectivity index (χ3v) is 4.41. The highest BCUT2D eigenvalue weighted by atomic mass is 35.5. The molecule has 0 saturated carbocycles. The Morgan fingerprint density at radius 2 is 2.10 bits per heavy atom. The molecule has 1 aliphatic heterocycles. The van der Waals surface area contributed by atoms with Crippen molar-refractivity contribution in [2.75, 3.05) is 0 Å². The summed E-state index contributed by atoms with van der Waals surface area (Å²) in [6.45, 7) is 3.79. The predicted octanol–water partition coefficient (Wildman–Crippen LogP) is 3.68. The minimum absolute atomic E-state index is 0.462. The maximum absolute atomic E-state index is 11.6. The number of benzene rings is 1. The lowest BCUT2D eigenvalue weighted by Gasteiger charge is -2.47. The molecule has 110 valence electrons. The van der Waals surface area contributed by atoms with Gasteiger partial charge in [0, 0.05) is 16.1 Å². The summed E-state index contributed by atoms with van der Waals surface area (Å²) >= 11 is 6.11. The summed E-state index contributed by atoms with van der Waals surface area (Å²) in [5, 5.41) is 20.5. The van der Waals surface area contributed by atoms with Crippen LogP contribution in [-0.4, -0.2) is 32.8 Å². The molecule has 0 bridgehead atoms. The molecule has 1 aliphatic rings. The van der Waals surface area contributed by atoms with E-state index in [0.717, 1.165) is 12.8 Å². The van der Waals surface area contributed by atoms with Gasteiger partial charge >= 0.3 is 6.09 Å². The van der Waals surface area contributed by atoms with E-state index in [1.54, 1.807) is 24.3 Å². The number of halogens is 1. The number of carboxylic acid groups (broad SMARTS) is 1. The van der Waals surface area contributed by atoms with E-state index in [4.69, 9.17) is 11.6 Å². The van der Waals surface area contributed by atoms with Crippen LogP contribution in [0.25, 0.3) is 0 Å². The van der Waals surface area contributed by atoms with Crippen LogP contribution in [0, 0.1) is 0 Å². The normalized spacial score (nSPS) is 23.4. The van der Waals surface area contributed by atoms with E-state index in [0.29, 0.717) is 17.0 Å². The van der Waals surface area contributed by atoms with Crippen molar-refractivity contribution in [3.63, 3.8) is 0 Å². The molecule has 1 aromatic rings. The average Bonchev–Trinajstić information content (AvgIpc) is 2.36. The summed E-state index contributed by atoms with van der Waals surface area (Å²) in [6.07, 6.45) is 0.432. The van der Waals surface area contributed by atoms with Crippen LogP contribution in [0.3, 0.4) is 0 Å². The number of piperidine rings is 1. The summed E-state index contributed by atoms with van der Waals surface area (Å²) in [7, 11) is 0. The molecule has 1 unspecified atom stereocenters. The van der Waals surface area contributed by atoms with E-state index in [2.05, 4.69) is 0 Å². The van der Waals surface area contributed by atoms with E-state index in [-0.39, 0.29) is 0 Å². The minimum Gasteiger partial charge on any atom is -0.465 e. The van der Waals surface area contributed by atoms with Crippen LogP contribution in [0.1, 0.15) is 44.8 Å². The minimum atomic E-state index is -0.995. The van der Waals surface area contributed by atoms with Crippen molar-refractivity contribution < 1.29 is 15.0 Å². The molecule has 1 amide bonds. The van der Waals surface area contributed by atoms with Gasteiger partial charge in [0.15, 0.2) is 0 Å². The van der Waals surface area contributed by atoms with Gasteiger partial charge in [0.1, 0.15) is 6.10 Å². The van der Waals surface area contributed by atoms with Crippen LogP contribution in [-0.2, 0) is 0 Å². The Kier molecular flexibility index (Phi) is 4.25. The Labute approximate surface area is 124 Å². The van der Waals surface area contributed by atoms with Crippen molar-refractivity contribution in [2.24, 2.45) is 0 Å². The molecule has 0 radical (unpaired) electrons. The predicted molar refractivity (Wildman–Crippen MR) is 78.0 cm³/mol.